The van der Waals surface area contributed by atoms with Crippen molar-refractivity contribution in [1.29, 1.82) is 0 Å². The van der Waals surface area contributed by atoms with Crippen molar-refractivity contribution in [2.45, 2.75) is 13.1 Å². The van der Waals surface area contributed by atoms with Crippen LogP contribution in [0.3, 0.4) is 0 Å². The number of pyridine rings is 1. The number of hydrazone groups is 1. The summed E-state index contributed by atoms with van der Waals surface area (Å²) in [5.74, 6) is -2.59. The van der Waals surface area contributed by atoms with Crippen molar-refractivity contribution in [3.8, 4) is 0 Å². The number of alkyl halides is 3. The summed E-state index contributed by atoms with van der Waals surface area (Å²) in [7, 11) is 0. The molecule has 0 spiro atoms. The Kier molecular flexibility index (Phi) is 5.48. The van der Waals surface area contributed by atoms with Crippen molar-refractivity contribution in [2.24, 2.45) is 5.10 Å². The molecule has 2 N–H and O–H groups in total. The Balaban J connectivity index is 2.09. The Labute approximate surface area is 140 Å². The van der Waals surface area contributed by atoms with Gasteiger partial charge in [-0.05, 0) is 36.8 Å². The molecule has 0 bridgehead atoms. The summed E-state index contributed by atoms with van der Waals surface area (Å²) in [5, 5.41) is 5.63. The van der Waals surface area contributed by atoms with Crippen LogP contribution in [0.15, 0.2) is 53.8 Å². The predicted molar refractivity (Wildman–Crippen MR) is 85.0 cm³/mol. The number of halogens is 3. The molecule has 2 rings (SSSR count). The SMILES string of the molecule is C/C(=N/NC(=O)c1ccccn1)c1cccc(NC(=O)C(F)(F)F)c1. The first-order chi connectivity index (χ1) is 11.8. The maximum Gasteiger partial charge on any atom is 0.471 e. The van der Waals surface area contributed by atoms with Gasteiger partial charge in [-0.3, -0.25) is 14.6 Å². The van der Waals surface area contributed by atoms with E-state index in [4.69, 9.17) is 0 Å². The number of carbonyl (C=O) groups is 2. The van der Waals surface area contributed by atoms with Crippen molar-refractivity contribution in [3.05, 3.63) is 59.9 Å². The molecule has 0 saturated heterocycles. The minimum Gasteiger partial charge on any atom is -0.318 e. The van der Waals surface area contributed by atoms with Gasteiger partial charge < -0.3 is 5.32 Å². The lowest BCUT2D eigenvalue weighted by Crippen LogP contribution is -2.29. The van der Waals surface area contributed by atoms with Crippen molar-refractivity contribution in [3.63, 3.8) is 0 Å². The van der Waals surface area contributed by atoms with Crippen molar-refractivity contribution < 1.29 is 22.8 Å². The number of nitrogens with one attached hydrogen (secondary N) is 2. The fraction of sp³-hybridized carbons (Fsp3) is 0.125. The zero-order valence-electron chi connectivity index (χ0n) is 13.0. The van der Waals surface area contributed by atoms with E-state index in [2.05, 4.69) is 15.5 Å². The van der Waals surface area contributed by atoms with E-state index in [0.717, 1.165) is 0 Å². The van der Waals surface area contributed by atoms with Crippen LogP contribution in [0.2, 0.25) is 0 Å². The number of hydrogen-bond acceptors (Lipinski definition) is 4. The van der Waals surface area contributed by atoms with Gasteiger partial charge in [-0.1, -0.05) is 18.2 Å². The number of nitrogens with zero attached hydrogens (tertiary/aromatic N) is 2. The van der Waals surface area contributed by atoms with E-state index in [-0.39, 0.29) is 11.4 Å². The van der Waals surface area contributed by atoms with Crippen molar-refractivity contribution in [2.75, 3.05) is 5.32 Å². The van der Waals surface area contributed by atoms with E-state index in [1.54, 1.807) is 30.4 Å². The van der Waals surface area contributed by atoms with Crippen LogP contribution < -0.4 is 10.7 Å². The van der Waals surface area contributed by atoms with Gasteiger partial charge in [0, 0.05) is 11.9 Å². The van der Waals surface area contributed by atoms with Gasteiger partial charge in [0.05, 0.1) is 5.71 Å². The third-order valence-corrected chi connectivity index (χ3v) is 3.02. The zero-order valence-corrected chi connectivity index (χ0v) is 13.0. The number of rotatable bonds is 4. The average molecular weight is 350 g/mol. The summed E-state index contributed by atoms with van der Waals surface area (Å²) in [6.45, 7) is 1.56. The second-order valence-electron chi connectivity index (χ2n) is 4.89. The van der Waals surface area contributed by atoms with E-state index in [1.807, 2.05) is 0 Å². The Bertz CT molecular complexity index is 805. The molecular weight excluding hydrogens is 337 g/mol. The Morgan fingerprint density at radius 3 is 2.52 bits per heavy atom. The molecular formula is C16H13F3N4O2. The topological polar surface area (TPSA) is 83.4 Å². The van der Waals surface area contributed by atoms with E-state index < -0.39 is 18.0 Å². The van der Waals surface area contributed by atoms with E-state index in [0.29, 0.717) is 11.3 Å². The molecule has 0 atom stereocenters. The smallest absolute Gasteiger partial charge is 0.318 e. The normalized spacial score (nSPS) is 11.8. The minimum atomic E-state index is -4.98. The third kappa shape index (κ3) is 5.13. The number of anilines is 1. The molecule has 2 amide bonds. The molecule has 6 nitrogen and oxygen atoms in total. The number of amides is 2. The molecule has 0 fully saturated rings. The maximum absolute atomic E-state index is 12.3. The molecule has 0 unspecified atom stereocenters. The van der Waals surface area contributed by atoms with Gasteiger partial charge in [-0.2, -0.15) is 18.3 Å². The van der Waals surface area contributed by atoms with Crippen LogP contribution in [0, 0.1) is 0 Å². The molecule has 0 aliphatic carbocycles. The molecule has 2 aromatic rings. The molecule has 130 valence electrons. The number of hydrogen-bond donors (Lipinski definition) is 2. The standard InChI is InChI=1S/C16H13F3N4O2/c1-10(22-23-14(24)13-7-2-3-8-20-13)11-5-4-6-12(9-11)21-15(25)16(17,18)19/h2-9H,1H3,(H,21,25)(H,23,24)/b22-10-. The lowest BCUT2D eigenvalue weighted by Gasteiger charge is -2.09. The molecule has 0 saturated carbocycles. The van der Waals surface area contributed by atoms with E-state index in [9.17, 15) is 22.8 Å². The highest BCUT2D eigenvalue weighted by Crippen LogP contribution is 2.19. The molecule has 9 heteroatoms. The molecule has 25 heavy (non-hydrogen) atoms. The maximum atomic E-state index is 12.3. The summed E-state index contributed by atoms with van der Waals surface area (Å²) in [6.07, 6.45) is -3.52. The molecule has 0 aliphatic heterocycles. The van der Waals surface area contributed by atoms with Gasteiger partial charge in [-0.15, -0.1) is 0 Å². The van der Waals surface area contributed by atoms with E-state index >= 15 is 0 Å². The highest BCUT2D eigenvalue weighted by atomic mass is 19.4. The first-order valence-electron chi connectivity index (χ1n) is 7.01. The van der Waals surface area contributed by atoms with Crippen LogP contribution >= 0.6 is 0 Å². The first kappa shape index (κ1) is 18.1. The fourth-order valence-corrected chi connectivity index (χ4v) is 1.78. The van der Waals surface area contributed by atoms with Crippen molar-refractivity contribution >= 4 is 23.2 Å². The highest BCUT2D eigenvalue weighted by Gasteiger charge is 2.38. The zero-order chi connectivity index (χ0) is 18.4. The summed E-state index contributed by atoms with van der Waals surface area (Å²) in [5.41, 5.74) is 3.21. The van der Waals surface area contributed by atoms with Gasteiger partial charge in [-0.25, -0.2) is 5.43 Å². The number of benzene rings is 1. The van der Waals surface area contributed by atoms with Crippen LogP contribution in [-0.4, -0.2) is 28.7 Å². The Morgan fingerprint density at radius 2 is 1.88 bits per heavy atom. The molecule has 0 radical (unpaired) electrons. The third-order valence-electron chi connectivity index (χ3n) is 3.02. The first-order valence-corrected chi connectivity index (χ1v) is 7.01. The van der Waals surface area contributed by atoms with Crippen LogP contribution in [0.4, 0.5) is 18.9 Å². The summed E-state index contributed by atoms with van der Waals surface area (Å²) >= 11 is 0. The predicted octanol–water partition coefficient (Wildman–Crippen LogP) is 2.74. The largest absolute Gasteiger partial charge is 0.471 e. The van der Waals surface area contributed by atoms with Crippen LogP contribution in [-0.2, 0) is 4.79 Å². The fourth-order valence-electron chi connectivity index (χ4n) is 1.78. The quantitative estimate of drug-likeness (QED) is 0.657. The summed E-state index contributed by atoms with van der Waals surface area (Å²) in [4.78, 5) is 26.7. The molecule has 1 aromatic heterocycles. The van der Waals surface area contributed by atoms with Gasteiger partial charge in [0.15, 0.2) is 0 Å². The van der Waals surface area contributed by atoms with Gasteiger partial charge in [0.25, 0.3) is 5.91 Å². The molecule has 0 aliphatic rings. The highest BCUT2D eigenvalue weighted by molar-refractivity contribution is 6.02. The minimum absolute atomic E-state index is 0.0366. The van der Waals surface area contributed by atoms with Gasteiger partial charge >= 0.3 is 12.1 Å². The number of aromatic nitrogens is 1. The summed E-state index contributed by atoms with van der Waals surface area (Å²) < 4.78 is 36.8. The van der Waals surface area contributed by atoms with Crippen molar-refractivity contribution in [1.82, 2.24) is 10.4 Å². The monoisotopic (exact) mass is 350 g/mol. The van der Waals surface area contributed by atoms with E-state index in [1.165, 1.54) is 30.5 Å². The lowest BCUT2D eigenvalue weighted by atomic mass is 10.1. The summed E-state index contributed by atoms with van der Waals surface area (Å²) in [6, 6.07) is 10.5. The number of carbonyl (C=O) groups excluding carboxylic acids is 2. The average Bonchev–Trinajstić information content (AvgIpc) is 2.59. The second kappa shape index (κ2) is 7.56. The van der Waals surface area contributed by atoms with Gasteiger partial charge in [0.1, 0.15) is 5.69 Å². The Hall–Kier alpha value is -3.23. The lowest BCUT2D eigenvalue weighted by molar-refractivity contribution is -0.167. The Morgan fingerprint density at radius 1 is 1.12 bits per heavy atom. The molecule has 1 heterocycles. The van der Waals surface area contributed by atoms with Crippen LogP contribution in [0.5, 0.6) is 0 Å². The van der Waals surface area contributed by atoms with Crippen LogP contribution in [0.25, 0.3) is 0 Å². The van der Waals surface area contributed by atoms with Gasteiger partial charge in [0.2, 0.25) is 0 Å². The molecule has 1 aromatic carbocycles. The second-order valence-corrected chi connectivity index (χ2v) is 4.89. The van der Waals surface area contributed by atoms with Crippen LogP contribution in [0.1, 0.15) is 23.0 Å².